The minimum Gasteiger partial charge on any atom is -0.496 e. The van der Waals surface area contributed by atoms with E-state index in [4.69, 9.17) is 32.7 Å². The van der Waals surface area contributed by atoms with E-state index in [1.807, 2.05) is 0 Å². The highest BCUT2D eigenvalue weighted by Gasteiger charge is 2.14. The first-order valence-corrected chi connectivity index (χ1v) is 9.60. The molecule has 1 amide bonds. The number of rotatable bonds is 5. The summed E-state index contributed by atoms with van der Waals surface area (Å²) in [5.74, 6) is 0.655. The maximum atomic E-state index is 12.7. The molecule has 9 heteroatoms. The van der Waals surface area contributed by atoms with Crippen molar-refractivity contribution < 1.29 is 14.3 Å². The molecule has 0 unspecified atom stereocenters. The summed E-state index contributed by atoms with van der Waals surface area (Å²) in [6.07, 6.45) is 0. The molecule has 1 aromatic heterocycles. The predicted molar refractivity (Wildman–Crippen MR) is 116 cm³/mol. The molecule has 30 heavy (non-hydrogen) atoms. The third kappa shape index (κ3) is 3.90. The molecule has 0 aliphatic rings. The number of ether oxygens (including phenoxy) is 2. The molecule has 1 N–H and O–H groups in total. The Balaban J connectivity index is 1.62. The Morgan fingerprint density at radius 2 is 1.63 bits per heavy atom. The Morgan fingerprint density at radius 1 is 0.900 bits per heavy atom. The fraction of sp³-hybridized carbons (Fsp3) is 0.0952. The van der Waals surface area contributed by atoms with E-state index >= 15 is 0 Å². The Morgan fingerprint density at radius 3 is 2.37 bits per heavy atom. The predicted octanol–water partition coefficient (Wildman–Crippen LogP) is 5.00. The number of nitrogens with zero attached hydrogens (tertiary/aromatic N) is 3. The quantitative estimate of drug-likeness (QED) is 0.470. The van der Waals surface area contributed by atoms with Gasteiger partial charge < -0.3 is 14.8 Å². The summed E-state index contributed by atoms with van der Waals surface area (Å²) in [6, 6.07) is 15.4. The van der Waals surface area contributed by atoms with Gasteiger partial charge >= 0.3 is 0 Å². The van der Waals surface area contributed by atoms with Crippen molar-refractivity contribution in [2.75, 3.05) is 19.5 Å². The van der Waals surface area contributed by atoms with Crippen LogP contribution in [0.2, 0.25) is 10.0 Å². The molecule has 0 saturated carbocycles. The lowest BCUT2D eigenvalue weighted by Crippen LogP contribution is -2.13. The van der Waals surface area contributed by atoms with E-state index in [0.29, 0.717) is 49.5 Å². The second-order valence-electron chi connectivity index (χ2n) is 6.31. The number of hydrogen-bond donors (Lipinski definition) is 1. The second kappa shape index (κ2) is 8.22. The van der Waals surface area contributed by atoms with Crippen molar-refractivity contribution >= 4 is 45.8 Å². The smallest absolute Gasteiger partial charge is 0.259 e. The lowest BCUT2D eigenvalue weighted by Gasteiger charge is -2.09. The molecular formula is C21H16Cl2N4O3. The van der Waals surface area contributed by atoms with Crippen LogP contribution >= 0.6 is 23.2 Å². The van der Waals surface area contributed by atoms with Crippen LogP contribution in [0.15, 0.2) is 54.6 Å². The Bertz CT molecular complexity index is 1260. The van der Waals surface area contributed by atoms with Crippen molar-refractivity contribution in [3.05, 3.63) is 70.2 Å². The number of methoxy groups -OCH3 is 2. The van der Waals surface area contributed by atoms with Gasteiger partial charge in [-0.05, 0) is 54.6 Å². The van der Waals surface area contributed by atoms with Gasteiger partial charge in [0.1, 0.15) is 22.5 Å². The fourth-order valence-electron chi connectivity index (χ4n) is 2.94. The monoisotopic (exact) mass is 442 g/mol. The molecule has 0 saturated heterocycles. The Labute approximate surface area is 182 Å². The number of fused-ring (bicyclic) bond motifs is 1. The molecule has 4 rings (SSSR count). The Kier molecular flexibility index (Phi) is 5.48. The zero-order valence-corrected chi connectivity index (χ0v) is 17.5. The average molecular weight is 443 g/mol. The summed E-state index contributed by atoms with van der Waals surface area (Å²) in [5.41, 5.74) is 2.86. The molecule has 4 aromatic rings. The van der Waals surface area contributed by atoms with Crippen LogP contribution in [0.25, 0.3) is 16.7 Å². The van der Waals surface area contributed by atoms with E-state index in [0.717, 1.165) is 0 Å². The molecule has 0 aliphatic heterocycles. The number of anilines is 1. The molecule has 0 fully saturated rings. The third-order valence-electron chi connectivity index (χ3n) is 4.41. The summed E-state index contributed by atoms with van der Waals surface area (Å²) >= 11 is 12.2. The normalized spacial score (nSPS) is 10.8. The largest absolute Gasteiger partial charge is 0.496 e. The van der Waals surface area contributed by atoms with Crippen molar-refractivity contribution in [2.24, 2.45) is 0 Å². The van der Waals surface area contributed by atoms with Crippen molar-refractivity contribution in [1.82, 2.24) is 15.0 Å². The van der Waals surface area contributed by atoms with E-state index in [9.17, 15) is 4.79 Å². The summed E-state index contributed by atoms with van der Waals surface area (Å²) in [6.45, 7) is 0. The highest BCUT2D eigenvalue weighted by atomic mass is 35.5. The van der Waals surface area contributed by atoms with Crippen LogP contribution in [0.4, 0.5) is 5.69 Å². The molecule has 1 heterocycles. The van der Waals surface area contributed by atoms with E-state index in [2.05, 4.69) is 15.5 Å². The molecule has 0 atom stereocenters. The van der Waals surface area contributed by atoms with Crippen molar-refractivity contribution in [3.8, 4) is 17.2 Å². The van der Waals surface area contributed by atoms with Crippen LogP contribution in [0.1, 0.15) is 10.4 Å². The van der Waals surface area contributed by atoms with Gasteiger partial charge in [-0.25, -0.2) is 0 Å². The van der Waals surface area contributed by atoms with Gasteiger partial charge in [-0.15, -0.1) is 10.2 Å². The van der Waals surface area contributed by atoms with E-state index < -0.39 is 0 Å². The SMILES string of the molecule is COc1ccc(-n2nc3ccc(NC(=O)c4cc(Cl)ccc4OC)cc3n2)cc1Cl. The van der Waals surface area contributed by atoms with Gasteiger partial charge in [-0.1, -0.05) is 23.2 Å². The van der Waals surface area contributed by atoms with Crippen LogP contribution in [0, 0.1) is 0 Å². The highest BCUT2D eigenvalue weighted by molar-refractivity contribution is 6.32. The van der Waals surface area contributed by atoms with Gasteiger partial charge in [-0.3, -0.25) is 4.79 Å². The topological polar surface area (TPSA) is 78.3 Å². The Hall–Kier alpha value is -3.29. The number of benzene rings is 3. The number of halogens is 2. The molecule has 0 bridgehead atoms. The van der Waals surface area contributed by atoms with Crippen molar-refractivity contribution in [3.63, 3.8) is 0 Å². The molecule has 7 nitrogen and oxygen atoms in total. The van der Waals surface area contributed by atoms with Crippen LogP contribution in [-0.2, 0) is 0 Å². The number of carbonyl (C=O) groups excluding carboxylic acids is 1. The summed E-state index contributed by atoms with van der Waals surface area (Å²) in [4.78, 5) is 14.2. The first-order chi connectivity index (χ1) is 14.5. The molecule has 152 valence electrons. The highest BCUT2D eigenvalue weighted by Crippen LogP contribution is 2.27. The van der Waals surface area contributed by atoms with Crippen LogP contribution < -0.4 is 14.8 Å². The van der Waals surface area contributed by atoms with Crippen molar-refractivity contribution in [1.29, 1.82) is 0 Å². The summed E-state index contributed by atoms with van der Waals surface area (Å²) < 4.78 is 10.4. The minimum absolute atomic E-state index is 0.335. The number of aromatic nitrogens is 3. The second-order valence-corrected chi connectivity index (χ2v) is 7.15. The van der Waals surface area contributed by atoms with Gasteiger partial charge in [0.25, 0.3) is 5.91 Å². The lowest BCUT2D eigenvalue weighted by molar-refractivity contribution is 0.102. The standard InChI is InChI=1S/C21H16Cl2N4O3/c1-29-19-7-3-12(22)9-15(19)21(28)24-13-4-6-17-18(10-13)26-27(25-17)14-5-8-20(30-2)16(23)11-14/h3-11H,1-2H3,(H,24,28). The first-order valence-electron chi connectivity index (χ1n) is 8.84. The van der Waals surface area contributed by atoms with Gasteiger partial charge in [0.2, 0.25) is 0 Å². The maximum Gasteiger partial charge on any atom is 0.259 e. The van der Waals surface area contributed by atoms with Crippen LogP contribution in [-0.4, -0.2) is 35.1 Å². The van der Waals surface area contributed by atoms with Gasteiger partial charge in [-0.2, -0.15) is 4.80 Å². The lowest BCUT2D eigenvalue weighted by atomic mass is 10.1. The van der Waals surface area contributed by atoms with E-state index in [1.54, 1.807) is 61.7 Å². The van der Waals surface area contributed by atoms with E-state index in [1.165, 1.54) is 11.9 Å². The molecular weight excluding hydrogens is 427 g/mol. The van der Waals surface area contributed by atoms with Gasteiger partial charge in [0.05, 0.1) is 30.5 Å². The number of hydrogen-bond acceptors (Lipinski definition) is 5. The maximum absolute atomic E-state index is 12.7. The fourth-order valence-corrected chi connectivity index (χ4v) is 3.37. The number of nitrogens with one attached hydrogen (secondary N) is 1. The molecule has 0 radical (unpaired) electrons. The number of carbonyl (C=O) groups is 1. The van der Waals surface area contributed by atoms with Crippen molar-refractivity contribution in [2.45, 2.75) is 0 Å². The number of amides is 1. The van der Waals surface area contributed by atoms with Gasteiger partial charge in [0, 0.05) is 10.7 Å². The first kappa shape index (κ1) is 20.0. The minimum atomic E-state index is -0.344. The summed E-state index contributed by atoms with van der Waals surface area (Å²) in [5, 5.41) is 12.7. The third-order valence-corrected chi connectivity index (χ3v) is 4.94. The van der Waals surface area contributed by atoms with E-state index in [-0.39, 0.29) is 5.91 Å². The van der Waals surface area contributed by atoms with Crippen LogP contribution in [0.5, 0.6) is 11.5 Å². The van der Waals surface area contributed by atoms with Gasteiger partial charge in [0.15, 0.2) is 0 Å². The average Bonchev–Trinajstić information content (AvgIpc) is 3.17. The molecule has 0 aliphatic carbocycles. The summed E-state index contributed by atoms with van der Waals surface area (Å²) in [7, 11) is 3.05. The zero-order chi connectivity index (χ0) is 21.3. The zero-order valence-electron chi connectivity index (χ0n) is 16.0. The molecule has 3 aromatic carbocycles. The van der Waals surface area contributed by atoms with Crippen LogP contribution in [0.3, 0.4) is 0 Å². The molecule has 0 spiro atoms.